The summed E-state index contributed by atoms with van der Waals surface area (Å²) >= 11 is 0. The van der Waals surface area contributed by atoms with Gasteiger partial charge in [0.05, 0.1) is 6.20 Å². The first kappa shape index (κ1) is 21.4. The lowest BCUT2D eigenvalue weighted by Crippen LogP contribution is -2.54. The van der Waals surface area contributed by atoms with E-state index in [0.29, 0.717) is 19.4 Å². The lowest BCUT2D eigenvalue weighted by Gasteiger charge is -2.37. The van der Waals surface area contributed by atoms with Crippen LogP contribution in [0, 0.1) is 5.92 Å². The zero-order chi connectivity index (χ0) is 24.3. The first-order valence-corrected chi connectivity index (χ1v) is 11.6. The number of rotatable bonds is 5. The monoisotopic (exact) mass is 472 g/mol. The minimum Gasteiger partial charge on any atom is -0.479 e. The van der Waals surface area contributed by atoms with E-state index in [-0.39, 0.29) is 29.8 Å². The van der Waals surface area contributed by atoms with E-state index in [4.69, 9.17) is 4.74 Å². The van der Waals surface area contributed by atoms with Crippen molar-refractivity contribution in [1.29, 1.82) is 0 Å². The number of nitrogens with zero attached hydrogens (tertiary/aromatic N) is 3. The number of hydrogen-bond donors (Lipinski definition) is 2. The summed E-state index contributed by atoms with van der Waals surface area (Å²) in [6.45, 7) is 0.529. The Labute approximate surface area is 201 Å². The number of carboxylic acid groups (broad SMARTS) is 1. The van der Waals surface area contributed by atoms with E-state index in [1.807, 2.05) is 36.4 Å². The number of aromatic nitrogens is 2. The van der Waals surface area contributed by atoms with Gasteiger partial charge in [0.15, 0.2) is 0 Å². The smallest absolute Gasteiger partial charge is 0.412 e. The Kier molecular flexibility index (Phi) is 4.70. The van der Waals surface area contributed by atoms with Gasteiger partial charge in [-0.1, -0.05) is 48.5 Å². The van der Waals surface area contributed by atoms with Crippen molar-refractivity contribution in [2.75, 3.05) is 18.5 Å². The summed E-state index contributed by atoms with van der Waals surface area (Å²) in [4.78, 5) is 39.3. The molecule has 0 atom stereocenters. The molecular formula is C26H24N4O5. The first-order chi connectivity index (χ1) is 16.9. The molecular weight excluding hydrogens is 448 g/mol. The fourth-order valence-electron chi connectivity index (χ4n) is 5.86. The minimum atomic E-state index is -1.15. The van der Waals surface area contributed by atoms with Crippen LogP contribution in [0.1, 0.15) is 40.2 Å². The maximum atomic E-state index is 13.3. The molecule has 1 saturated carbocycles. The van der Waals surface area contributed by atoms with Gasteiger partial charge in [0.2, 0.25) is 0 Å². The molecule has 2 amide bonds. The van der Waals surface area contributed by atoms with Crippen LogP contribution >= 0.6 is 0 Å². The van der Waals surface area contributed by atoms with E-state index in [1.165, 1.54) is 15.8 Å². The van der Waals surface area contributed by atoms with Crippen molar-refractivity contribution in [2.45, 2.75) is 24.3 Å². The maximum absolute atomic E-state index is 13.3. The molecule has 0 spiro atoms. The highest BCUT2D eigenvalue weighted by Crippen LogP contribution is 2.51. The third-order valence-corrected chi connectivity index (χ3v) is 7.59. The fourth-order valence-corrected chi connectivity index (χ4v) is 5.86. The van der Waals surface area contributed by atoms with Gasteiger partial charge in [-0.2, -0.15) is 5.10 Å². The normalized spacial score (nSPS) is 21.7. The van der Waals surface area contributed by atoms with Crippen LogP contribution in [0.2, 0.25) is 0 Å². The average molecular weight is 473 g/mol. The highest BCUT2D eigenvalue weighted by atomic mass is 16.5. The third-order valence-electron chi connectivity index (χ3n) is 7.59. The van der Waals surface area contributed by atoms with Gasteiger partial charge in [0.1, 0.15) is 23.5 Å². The minimum absolute atomic E-state index is 0.0902. The SMILES string of the molecule is Cn1ncc(C(=O)N2CC3CC2(C(=O)O)C3)c1NC(=O)OCC1c2ccccc2-c2ccccc21. The van der Waals surface area contributed by atoms with Gasteiger partial charge >= 0.3 is 12.1 Å². The Hall–Kier alpha value is -4.14. The molecule has 9 nitrogen and oxygen atoms in total. The Morgan fingerprint density at radius 2 is 1.71 bits per heavy atom. The molecule has 2 aromatic carbocycles. The van der Waals surface area contributed by atoms with Gasteiger partial charge in [-0.25, -0.2) is 9.59 Å². The standard InChI is InChI=1S/C26H24N4O5/c1-29-22(20(12-27-29)23(31)30-13-15-10-26(30,11-15)24(32)33)28-25(34)35-14-21-18-8-4-2-6-16(18)17-7-3-5-9-19(17)21/h2-9,12,15,21H,10-11,13-14H2,1H3,(H,28,34)(H,32,33). The number of amides is 2. The van der Waals surface area contributed by atoms with Crippen molar-refractivity contribution in [3.8, 4) is 11.1 Å². The number of fused-ring (bicyclic) bond motifs is 4. The summed E-state index contributed by atoms with van der Waals surface area (Å²) in [7, 11) is 1.60. The van der Waals surface area contributed by atoms with Crippen LogP contribution in [-0.4, -0.2) is 56.4 Å². The van der Waals surface area contributed by atoms with Crippen LogP contribution in [0.15, 0.2) is 54.7 Å². The summed E-state index contributed by atoms with van der Waals surface area (Å²) in [6.07, 6.45) is 1.57. The maximum Gasteiger partial charge on any atom is 0.412 e. The molecule has 7 rings (SSSR count). The topological polar surface area (TPSA) is 114 Å². The number of ether oxygens (including phenoxy) is 1. The molecule has 3 heterocycles. The second-order valence-corrected chi connectivity index (χ2v) is 9.51. The van der Waals surface area contributed by atoms with Gasteiger partial charge in [0, 0.05) is 19.5 Å². The van der Waals surface area contributed by atoms with E-state index < -0.39 is 23.5 Å². The van der Waals surface area contributed by atoms with Crippen molar-refractivity contribution >= 4 is 23.8 Å². The van der Waals surface area contributed by atoms with Crippen molar-refractivity contribution in [3.05, 3.63) is 71.4 Å². The lowest BCUT2D eigenvalue weighted by molar-refractivity contribution is -0.151. The quantitative estimate of drug-likeness (QED) is 0.588. The van der Waals surface area contributed by atoms with Crippen LogP contribution in [0.3, 0.4) is 0 Å². The molecule has 9 heteroatoms. The largest absolute Gasteiger partial charge is 0.479 e. The van der Waals surface area contributed by atoms with E-state index in [0.717, 1.165) is 22.3 Å². The molecule has 2 N–H and O–H groups in total. The van der Waals surface area contributed by atoms with Crippen molar-refractivity contribution < 1.29 is 24.2 Å². The molecule has 35 heavy (non-hydrogen) atoms. The number of nitrogens with one attached hydrogen (secondary N) is 1. The van der Waals surface area contributed by atoms with Crippen molar-refractivity contribution in [3.63, 3.8) is 0 Å². The Morgan fingerprint density at radius 1 is 1.09 bits per heavy atom. The summed E-state index contributed by atoms with van der Waals surface area (Å²) < 4.78 is 6.98. The second kappa shape index (κ2) is 7.69. The average Bonchev–Trinajstić information content (AvgIpc) is 3.57. The Morgan fingerprint density at radius 3 is 2.34 bits per heavy atom. The summed E-state index contributed by atoms with van der Waals surface area (Å²) in [5.74, 6) is -1.15. The number of carboxylic acids is 1. The summed E-state index contributed by atoms with van der Waals surface area (Å²) in [6, 6.07) is 16.1. The molecule has 3 aromatic rings. The van der Waals surface area contributed by atoms with E-state index in [2.05, 4.69) is 22.5 Å². The van der Waals surface area contributed by atoms with Gasteiger partial charge < -0.3 is 14.7 Å². The van der Waals surface area contributed by atoms with E-state index in [1.54, 1.807) is 7.05 Å². The Balaban J connectivity index is 1.19. The number of hydrogen-bond acceptors (Lipinski definition) is 5. The molecule has 178 valence electrons. The van der Waals surface area contributed by atoms with Crippen LogP contribution in [0.4, 0.5) is 10.6 Å². The van der Waals surface area contributed by atoms with Crippen LogP contribution in [0.5, 0.6) is 0 Å². The predicted molar refractivity (Wildman–Crippen MR) is 126 cm³/mol. The molecule has 0 radical (unpaired) electrons. The van der Waals surface area contributed by atoms with Crippen molar-refractivity contribution in [1.82, 2.24) is 14.7 Å². The number of carbonyl (C=O) groups is 3. The molecule has 2 bridgehead atoms. The highest BCUT2D eigenvalue weighted by molar-refractivity contribution is 6.04. The van der Waals surface area contributed by atoms with Gasteiger partial charge in [-0.15, -0.1) is 0 Å². The molecule has 3 fully saturated rings. The molecule has 1 aromatic heterocycles. The number of anilines is 1. The molecule has 0 unspecified atom stereocenters. The fraction of sp³-hybridized carbons (Fsp3) is 0.308. The van der Waals surface area contributed by atoms with Gasteiger partial charge in [0.25, 0.3) is 5.91 Å². The Bertz CT molecular complexity index is 1330. The number of aliphatic carboxylic acids is 1. The second-order valence-electron chi connectivity index (χ2n) is 9.51. The summed E-state index contributed by atoms with van der Waals surface area (Å²) in [5, 5.41) is 16.5. The van der Waals surface area contributed by atoms with Crippen LogP contribution in [0.25, 0.3) is 11.1 Å². The predicted octanol–water partition coefficient (Wildman–Crippen LogP) is 3.47. The number of benzene rings is 2. The van der Waals surface area contributed by atoms with Gasteiger partial charge in [-0.05, 0) is 41.0 Å². The van der Waals surface area contributed by atoms with Crippen LogP contribution < -0.4 is 5.32 Å². The van der Waals surface area contributed by atoms with Crippen molar-refractivity contribution in [2.24, 2.45) is 13.0 Å². The highest BCUT2D eigenvalue weighted by Gasteiger charge is 2.63. The molecule has 2 aliphatic carbocycles. The van der Waals surface area contributed by atoms with Gasteiger partial charge in [-0.3, -0.25) is 14.8 Å². The zero-order valence-electron chi connectivity index (χ0n) is 19.1. The third kappa shape index (κ3) is 3.14. The summed E-state index contributed by atoms with van der Waals surface area (Å²) in [5.41, 5.74) is 3.46. The lowest BCUT2D eigenvalue weighted by atomic mass is 9.73. The zero-order valence-corrected chi connectivity index (χ0v) is 19.1. The number of carbonyl (C=O) groups excluding carboxylic acids is 2. The van der Waals surface area contributed by atoms with Crippen LogP contribution in [-0.2, 0) is 16.6 Å². The number of aryl methyl sites for hydroxylation is 1. The first-order valence-electron chi connectivity index (χ1n) is 11.6. The van der Waals surface area contributed by atoms with E-state index >= 15 is 0 Å². The molecule has 2 aliphatic heterocycles. The molecule has 2 saturated heterocycles. The molecule has 4 aliphatic rings. The van der Waals surface area contributed by atoms with E-state index in [9.17, 15) is 19.5 Å².